The van der Waals surface area contributed by atoms with Gasteiger partial charge in [0.2, 0.25) is 0 Å². The van der Waals surface area contributed by atoms with Crippen LogP contribution in [0.25, 0.3) is 0 Å². The van der Waals surface area contributed by atoms with Gasteiger partial charge in [-0.15, -0.1) is 0 Å². The second kappa shape index (κ2) is 10.6. The molecule has 3 rings (SSSR count). The maximum absolute atomic E-state index is 14.3. The zero-order valence-electron chi connectivity index (χ0n) is 21.2. The summed E-state index contributed by atoms with van der Waals surface area (Å²) in [5, 5.41) is 24.3. The monoisotopic (exact) mass is 544 g/mol. The van der Waals surface area contributed by atoms with E-state index in [1.165, 1.54) is 12.3 Å². The van der Waals surface area contributed by atoms with Crippen molar-refractivity contribution in [3.8, 4) is 0 Å². The van der Waals surface area contributed by atoms with Crippen LogP contribution in [0.3, 0.4) is 0 Å². The SMILES string of the molecule is CC(C)(C)CN(CC(O)c1ncccc1Cl)C(=O)c1cnn(C2CCC(C)(C(=O)O)CC2)c1C(F)(F)F. The lowest BCUT2D eigenvalue weighted by molar-refractivity contribution is -0.152. The van der Waals surface area contributed by atoms with Crippen molar-refractivity contribution < 1.29 is 33.0 Å². The highest BCUT2D eigenvalue weighted by molar-refractivity contribution is 6.31. The first-order valence-electron chi connectivity index (χ1n) is 12.0. The van der Waals surface area contributed by atoms with Gasteiger partial charge < -0.3 is 15.1 Å². The average molecular weight is 545 g/mol. The standard InChI is InChI=1S/C25H32ClF3N4O4/c1-23(2,3)14-32(13-18(34)19-17(26)6-5-11-30-19)21(35)16-12-31-33(20(16)25(27,28)29)15-7-9-24(4,10-8-15)22(36)37/h5-6,11-12,15,18,34H,7-10,13-14H2,1-4H3,(H,36,37). The summed E-state index contributed by atoms with van der Waals surface area (Å²) in [6.07, 6.45) is -3.12. The number of carbonyl (C=O) groups excluding carboxylic acids is 1. The predicted molar refractivity (Wildman–Crippen MR) is 130 cm³/mol. The number of aliphatic carboxylic acids is 1. The zero-order valence-corrected chi connectivity index (χ0v) is 22.0. The molecular formula is C25H32ClF3N4O4. The van der Waals surface area contributed by atoms with Crippen LogP contribution in [0.5, 0.6) is 0 Å². The highest BCUT2D eigenvalue weighted by Crippen LogP contribution is 2.43. The summed E-state index contributed by atoms with van der Waals surface area (Å²) in [5.74, 6) is -1.91. The van der Waals surface area contributed by atoms with Crippen molar-refractivity contribution in [1.82, 2.24) is 19.7 Å². The number of aliphatic hydroxyl groups excluding tert-OH is 1. The fourth-order valence-electron chi connectivity index (χ4n) is 4.68. The van der Waals surface area contributed by atoms with Gasteiger partial charge >= 0.3 is 12.1 Å². The Labute approximate surface area is 218 Å². The highest BCUT2D eigenvalue weighted by Gasteiger charge is 2.45. The Morgan fingerprint density at radius 2 is 1.89 bits per heavy atom. The molecule has 0 spiro atoms. The van der Waals surface area contributed by atoms with Crippen molar-refractivity contribution in [2.45, 2.75) is 71.7 Å². The number of amides is 1. The number of carbonyl (C=O) groups is 2. The van der Waals surface area contributed by atoms with Crippen molar-refractivity contribution in [3.05, 3.63) is 46.5 Å². The fourth-order valence-corrected chi connectivity index (χ4v) is 4.92. The molecule has 0 saturated heterocycles. The number of carboxylic acids is 1. The topological polar surface area (TPSA) is 109 Å². The Balaban J connectivity index is 1.95. The lowest BCUT2D eigenvalue weighted by Crippen LogP contribution is -2.41. The third kappa shape index (κ3) is 6.62. The minimum Gasteiger partial charge on any atom is -0.481 e. The van der Waals surface area contributed by atoms with Crippen LogP contribution < -0.4 is 0 Å². The van der Waals surface area contributed by atoms with E-state index in [1.807, 2.05) is 20.8 Å². The van der Waals surface area contributed by atoms with Gasteiger partial charge in [0.05, 0.1) is 40.5 Å². The number of hydrogen-bond donors (Lipinski definition) is 2. The molecule has 2 aromatic heterocycles. The van der Waals surface area contributed by atoms with Crippen molar-refractivity contribution in [2.24, 2.45) is 10.8 Å². The van der Waals surface area contributed by atoms with Crippen molar-refractivity contribution in [3.63, 3.8) is 0 Å². The van der Waals surface area contributed by atoms with E-state index in [-0.39, 0.29) is 49.5 Å². The molecule has 0 bridgehead atoms. The van der Waals surface area contributed by atoms with Gasteiger partial charge in [-0.25, -0.2) is 0 Å². The van der Waals surface area contributed by atoms with Gasteiger partial charge in [0.1, 0.15) is 6.10 Å². The van der Waals surface area contributed by atoms with Gasteiger partial charge in [0, 0.05) is 12.7 Å². The van der Waals surface area contributed by atoms with Crippen molar-refractivity contribution in [1.29, 1.82) is 0 Å². The number of carboxylic acid groups (broad SMARTS) is 1. The third-order valence-corrected chi connectivity index (χ3v) is 6.98. The molecule has 2 aromatic rings. The van der Waals surface area contributed by atoms with Gasteiger partial charge in [-0.3, -0.25) is 19.3 Å². The Morgan fingerprint density at radius 3 is 2.41 bits per heavy atom. The Kier molecular flexibility index (Phi) is 8.28. The number of alkyl halides is 3. The average Bonchev–Trinajstić information content (AvgIpc) is 3.23. The van der Waals surface area contributed by atoms with E-state index >= 15 is 0 Å². The summed E-state index contributed by atoms with van der Waals surface area (Å²) in [5.41, 5.74) is -3.19. The van der Waals surface area contributed by atoms with Crippen LogP contribution in [0.4, 0.5) is 13.2 Å². The number of pyridine rings is 1. The van der Waals surface area contributed by atoms with Crippen LogP contribution in [0.2, 0.25) is 5.02 Å². The molecule has 2 heterocycles. The lowest BCUT2D eigenvalue weighted by Gasteiger charge is -2.35. The van der Waals surface area contributed by atoms with Crippen LogP contribution in [-0.4, -0.2) is 54.8 Å². The van der Waals surface area contributed by atoms with Crippen LogP contribution in [-0.2, 0) is 11.0 Å². The molecule has 37 heavy (non-hydrogen) atoms. The summed E-state index contributed by atoms with van der Waals surface area (Å²) in [6, 6.07) is 2.40. The molecule has 12 heteroatoms. The first-order chi connectivity index (χ1) is 17.0. The quantitative estimate of drug-likeness (QED) is 0.484. The van der Waals surface area contributed by atoms with E-state index in [2.05, 4.69) is 10.1 Å². The number of rotatable bonds is 7. The molecular weight excluding hydrogens is 513 g/mol. The molecule has 1 saturated carbocycles. The number of aliphatic hydroxyl groups is 1. The number of nitrogens with zero attached hydrogens (tertiary/aromatic N) is 4. The van der Waals surface area contributed by atoms with Crippen LogP contribution in [0, 0.1) is 10.8 Å². The van der Waals surface area contributed by atoms with Crippen molar-refractivity contribution in [2.75, 3.05) is 13.1 Å². The molecule has 0 radical (unpaired) electrons. The van der Waals surface area contributed by atoms with E-state index in [1.54, 1.807) is 13.0 Å². The van der Waals surface area contributed by atoms with E-state index in [4.69, 9.17) is 11.6 Å². The van der Waals surface area contributed by atoms with E-state index < -0.39 is 52.3 Å². The molecule has 1 atom stereocenters. The highest BCUT2D eigenvalue weighted by atomic mass is 35.5. The van der Waals surface area contributed by atoms with Crippen molar-refractivity contribution >= 4 is 23.5 Å². The van der Waals surface area contributed by atoms with Gasteiger partial charge in [0.15, 0.2) is 5.69 Å². The lowest BCUT2D eigenvalue weighted by atomic mass is 9.74. The molecule has 204 valence electrons. The fraction of sp³-hybridized carbons (Fsp3) is 0.600. The Morgan fingerprint density at radius 1 is 1.27 bits per heavy atom. The normalized spacial score (nSPS) is 21.5. The second-order valence-electron chi connectivity index (χ2n) is 11.1. The molecule has 1 amide bonds. The summed E-state index contributed by atoms with van der Waals surface area (Å²) in [7, 11) is 0. The Hall–Kier alpha value is -2.66. The van der Waals surface area contributed by atoms with Gasteiger partial charge in [-0.1, -0.05) is 32.4 Å². The van der Waals surface area contributed by atoms with Gasteiger partial charge in [0.25, 0.3) is 5.91 Å². The second-order valence-corrected chi connectivity index (χ2v) is 11.5. The first-order valence-corrected chi connectivity index (χ1v) is 12.4. The number of aromatic nitrogens is 3. The molecule has 0 aliphatic heterocycles. The number of halogens is 4. The van der Waals surface area contributed by atoms with Crippen LogP contribution in [0.15, 0.2) is 24.5 Å². The summed E-state index contributed by atoms with van der Waals surface area (Å²) < 4.78 is 43.8. The van der Waals surface area contributed by atoms with Crippen LogP contribution in [0.1, 0.15) is 87.3 Å². The smallest absolute Gasteiger partial charge is 0.433 e. The van der Waals surface area contributed by atoms with E-state index in [0.717, 1.165) is 15.8 Å². The molecule has 1 fully saturated rings. The molecule has 2 N–H and O–H groups in total. The van der Waals surface area contributed by atoms with E-state index in [0.29, 0.717) is 0 Å². The summed E-state index contributed by atoms with van der Waals surface area (Å²) >= 11 is 6.12. The minimum absolute atomic E-state index is 0.0518. The maximum atomic E-state index is 14.3. The van der Waals surface area contributed by atoms with E-state index in [9.17, 15) is 33.0 Å². The largest absolute Gasteiger partial charge is 0.481 e. The number of hydrogen-bond acceptors (Lipinski definition) is 5. The maximum Gasteiger partial charge on any atom is 0.433 e. The molecule has 0 aromatic carbocycles. The summed E-state index contributed by atoms with van der Waals surface area (Å²) in [6.45, 7) is 6.78. The molecule has 1 unspecified atom stereocenters. The third-order valence-electron chi connectivity index (χ3n) is 6.66. The predicted octanol–water partition coefficient (Wildman–Crippen LogP) is 5.38. The molecule has 1 aliphatic carbocycles. The first kappa shape index (κ1) is 28.9. The molecule has 1 aliphatic rings. The van der Waals surface area contributed by atoms with Gasteiger partial charge in [-0.05, 0) is 50.2 Å². The van der Waals surface area contributed by atoms with Crippen LogP contribution >= 0.6 is 11.6 Å². The van der Waals surface area contributed by atoms with Gasteiger partial charge in [-0.2, -0.15) is 18.3 Å². The minimum atomic E-state index is -4.88. The Bertz CT molecular complexity index is 1140. The summed E-state index contributed by atoms with van der Waals surface area (Å²) in [4.78, 5) is 30.3. The zero-order chi connectivity index (χ0) is 27.8. The molecule has 8 nitrogen and oxygen atoms in total.